The first-order chi connectivity index (χ1) is 11.9. The van der Waals surface area contributed by atoms with Gasteiger partial charge in [0, 0.05) is 30.8 Å². The van der Waals surface area contributed by atoms with Crippen molar-refractivity contribution in [3.05, 3.63) is 54.9 Å². The highest BCUT2D eigenvalue weighted by Crippen LogP contribution is 2.27. The summed E-state index contributed by atoms with van der Waals surface area (Å²) in [6, 6.07) is 14.0. The largest absolute Gasteiger partial charge is 0.383 e. The van der Waals surface area contributed by atoms with Gasteiger partial charge in [0.25, 0.3) is 0 Å². The van der Waals surface area contributed by atoms with Gasteiger partial charge in [0.15, 0.2) is 5.65 Å². The Morgan fingerprint density at radius 1 is 1.08 bits per heavy atom. The van der Waals surface area contributed by atoms with Gasteiger partial charge in [0.1, 0.15) is 5.82 Å². The number of fused-ring (bicyclic) bond motifs is 2. The van der Waals surface area contributed by atoms with Crippen LogP contribution < -0.4 is 5.32 Å². The van der Waals surface area contributed by atoms with E-state index in [1.165, 1.54) is 0 Å². The van der Waals surface area contributed by atoms with Gasteiger partial charge in [-0.15, -0.1) is 5.10 Å². The summed E-state index contributed by atoms with van der Waals surface area (Å²) in [6.45, 7) is 1.33. The maximum Gasteiger partial charge on any atom is 0.154 e. The minimum Gasteiger partial charge on any atom is -0.383 e. The number of hydrogen-bond acceptors (Lipinski definition) is 5. The van der Waals surface area contributed by atoms with Gasteiger partial charge in [0.05, 0.1) is 24.0 Å². The quantitative estimate of drug-likeness (QED) is 0.573. The van der Waals surface area contributed by atoms with Crippen molar-refractivity contribution in [2.75, 3.05) is 25.6 Å². The molecule has 1 N–H and O–H groups in total. The molecule has 0 saturated heterocycles. The molecule has 0 aliphatic carbocycles. The molecule has 0 unspecified atom stereocenters. The lowest BCUT2D eigenvalue weighted by atomic mass is 10.1. The lowest BCUT2D eigenvalue weighted by Crippen LogP contribution is -2.10. The van der Waals surface area contributed by atoms with Gasteiger partial charge < -0.3 is 10.1 Å². The number of aromatic nitrogens is 4. The molecule has 4 rings (SSSR count). The number of hydrogen-bond donors (Lipinski definition) is 1. The van der Waals surface area contributed by atoms with Crippen LogP contribution in [0.1, 0.15) is 0 Å². The van der Waals surface area contributed by atoms with Crippen molar-refractivity contribution >= 4 is 22.4 Å². The van der Waals surface area contributed by atoms with Crippen LogP contribution in [0.5, 0.6) is 0 Å². The zero-order chi connectivity index (χ0) is 16.4. The summed E-state index contributed by atoms with van der Waals surface area (Å²) in [7, 11) is 1.68. The molecule has 0 radical (unpaired) electrons. The lowest BCUT2D eigenvalue weighted by Gasteiger charge is -2.08. The van der Waals surface area contributed by atoms with Crippen LogP contribution in [0.2, 0.25) is 0 Å². The van der Waals surface area contributed by atoms with E-state index in [2.05, 4.69) is 32.5 Å². The third-order valence-electron chi connectivity index (χ3n) is 3.88. The number of ether oxygens (including phenoxy) is 1. The van der Waals surface area contributed by atoms with Crippen molar-refractivity contribution in [1.29, 1.82) is 0 Å². The van der Waals surface area contributed by atoms with Crippen LogP contribution >= 0.6 is 0 Å². The number of pyridine rings is 1. The first kappa shape index (κ1) is 14.6. The smallest absolute Gasteiger partial charge is 0.154 e. The highest BCUT2D eigenvalue weighted by molar-refractivity contribution is 5.92. The zero-order valence-corrected chi connectivity index (χ0v) is 13.3. The number of anilines is 1. The van der Waals surface area contributed by atoms with Crippen LogP contribution in [0, 0.1) is 0 Å². The number of benzene rings is 1. The molecular weight excluding hydrogens is 302 g/mol. The Labute approximate surface area is 139 Å². The van der Waals surface area contributed by atoms with E-state index in [-0.39, 0.29) is 0 Å². The molecule has 0 aliphatic heterocycles. The Kier molecular flexibility index (Phi) is 3.80. The molecule has 120 valence electrons. The van der Waals surface area contributed by atoms with E-state index >= 15 is 0 Å². The van der Waals surface area contributed by atoms with Crippen molar-refractivity contribution < 1.29 is 4.74 Å². The fourth-order valence-corrected chi connectivity index (χ4v) is 2.74. The predicted molar refractivity (Wildman–Crippen MR) is 94.1 cm³/mol. The van der Waals surface area contributed by atoms with Crippen LogP contribution in [-0.2, 0) is 4.74 Å². The second-order valence-corrected chi connectivity index (χ2v) is 5.43. The molecule has 0 aliphatic rings. The van der Waals surface area contributed by atoms with Gasteiger partial charge in [-0.3, -0.25) is 4.98 Å². The molecule has 0 saturated carbocycles. The molecule has 0 spiro atoms. The number of methoxy groups -OCH3 is 1. The third-order valence-corrected chi connectivity index (χ3v) is 3.88. The molecule has 0 atom stereocenters. The summed E-state index contributed by atoms with van der Waals surface area (Å²) in [5, 5.41) is 8.99. The first-order valence-corrected chi connectivity index (χ1v) is 7.78. The number of nitrogens with one attached hydrogen (secondary N) is 1. The van der Waals surface area contributed by atoms with Gasteiger partial charge in [-0.05, 0) is 18.2 Å². The highest BCUT2D eigenvalue weighted by Gasteiger charge is 2.11. The standard InChI is InChI=1S/C18H17N5O/c1-24-11-10-19-16-7-8-17-21-12-15(23(17)22-16)14-6-2-4-13-5-3-9-20-18(13)14/h2-9,12H,10-11H2,1H3,(H,19,22). The Morgan fingerprint density at radius 3 is 2.92 bits per heavy atom. The van der Waals surface area contributed by atoms with E-state index in [1.807, 2.05) is 41.0 Å². The number of rotatable bonds is 5. The minimum atomic E-state index is 0.629. The number of nitrogens with zero attached hydrogens (tertiary/aromatic N) is 4. The summed E-state index contributed by atoms with van der Waals surface area (Å²) in [5.74, 6) is 0.784. The van der Waals surface area contributed by atoms with E-state index < -0.39 is 0 Å². The van der Waals surface area contributed by atoms with E-state index in [0.717, 1.165) is 33.6 Å². The summed E-state index contributed by atoms with van der Waals surface area (Å²) in [4.78, 5) is 8.99. The Hall–Kier alpha value is -2.99. The number of para-hydroxylation sites is 1. The van der Waals surface area contributed by atoms with Gasteiger partial charge in [0.2, 0.25) is 0 Å². The van der Waals surface area contributed by atoms with Crippen molar-refractivity contribution in [3.63, 3.8) is 0 Å². The lowest BCUT2D eigenvalue weighted by molar-refractivity contribution is 0.210. The van der Waals surface area contributed by atoms with Crippen molar-refractivity contribution in [2.45, 2.75) is 0 Å². The van der Waals surface area contributed by atoms with Crippen LogP contribution in [0.4, 0.5) is 5.82 Å². The van der Waals surface area contributed by atoms with Crippen molar-refractivity contribution in [3.8, 4) is 11.3 Å². The Balaban J connectivity index is 1.82. The third kappa shape index (κ3) is 2.57. The fourth-order valence-electron chi connectivity index (χ4n) is 2.74. The zero-order valence-electron chi connectivity index (χ0n) is 13.3. The van der Waals surface area contributed by atoms with Crippen LogP contribution in [0.15, 0.2) is 54.9 Å². The van der Waals surface area contributed by atoms with Crippen LogP contribution in [-0.4, -0.2) is 39.8 Å². The Morgan fingerprint density at radius 2 is 2.00 bits per heavy atom. The van der Waals surface area contributed by atoms with E-state index in [1.54, 1.807) is 13.3 Å². The molecular formula is C18H17N5O. The second-order valence-electron chi connectivity index (χ2n) is 5.43. The van der Waals surface area contributed by atoms with E-state index in [4.69, 9.17) is 4.74 Å². The van der Waals surface area contributed by atoms with Crippen molar-refractivity contribution in [2.24, 2.45) is 0 Å². The maximum atomic E-state index is 5.06. The summed E-state index contributed by atoms with van der Waals surface area (Å²) >= 11 is 0. The molecule has 0 fully saturated rings. The molecule has 0 bridgehead atoms. The molecule has 3 aromatic heterocycles. The minimum absolute atomic E-state index is 0.629. The summed E-state index contributed by atoms with van der Waals surface area (Å²) in [5.41, 5.74) is 3.68. The van der Waals surface area contributed by atoms with Gasteiger partial charge >= 0.3 is 0 Å². The average molecular weight is 319 g/mol. The summed E-state index contributed by atoms with van der Waals surface area (Å²) in [6.07, 6.45) is 3.64. The monoisotopic (exact) mass is 319 g/mol. The van der Waals surface area contributed by atoms with Crippen LogP contribution in [0.25, 0.3) is 27.8 Å². The normalized spacial score (nSPS) is 11.2. The van der Waals surface area contributed by atoms with Gasteiger partial charge in [-0.1, -0.05) is 24.3 Å². The summed E-state index contributed by atoms with van der Waals surface area (Å²) < 4.78 is 6.91. The SMILES string of the molecule is COCCNc1ccc2ncc(-c3cccc4cccnc34)n2n1. The van der Waals surface area contributed by atoms with E-state index in [9.17, 15) is 0 Å². The molecule has 6 heteroatoms. The second kappa shape index (κ2) is 6.25. The topological polar surface area (TPSA) is 64.3 Å². The average Bonchev–Trinajstić information content (AvgIpc) is 3.04. The molecule has 24 heavy (non-hydrogen) atoms. The molecule has 6 nitrogen and oxygen atoms in total. The van der Waals surface area contributed by atoms with Crippen molar-refractivity contribution in [1.82, 2.24) is 19.6 Å². The molecule has 4 aromatic rings. The van der Waals surface area contributed by atoms with Gasteiger partial charge in [-0.2, -0.15) is 0 Å². The molecule has 0 amide bonds. The first-order valence-electron chi connectivity index (χ1n) is 7.78. The fraction of sp³-hybridized carbons (Fsp3) is 0.167. The van der Waals surface area contributed by atoms with Gasteiger partial charge in [-0.25, -0.2) is 9.50 Å². The highest BCUT2D eigenvalue weighted by atomic mass is 16.5. The molecule has 3 heterocycles. The molecule has 1 aromatic carbocycles. The van der Waals surface area contributed by atoms with E-state index in [0.29, 0.717) is 13.2 Å². The predicted octanol–water partition coefficient (Wildman–Crippen LogP) is 3.00. The Bertz CT molecular complexity index is 990. The van der Waals surface area contributed by atoms with Crippen LogP contribution in [0.3, 0.4) is 0 Å². The maximum absolute atomic E-state index is 5.06. The number of imidazole rings is 1.